The molecule has 0 saturated carbocycles. The molecule has 6 atom stereocenters. The van der Waals surface area contributed by atoms with E-state index >= 15 is 0 Å². The van der Waals surface area contributed by atoms with Crippen molar-refractivity contribution in [2.45, 2.75) is 420 Å². The van der Waals surface area contributed by atoms with Crippen molar-refractivity contribution in [1.82, 2.24) is 0 Å². The van der Waals surface area contributed by atoms with Gasteiger partial charge < -0.3 is 33.8 Å². The summed E-state index contributed by atoms with van der Waals surface area (Å²) >= 11 is 0. The molecule has 0 aliphatic heterocycles. The minimum atomic E-state index is -4.96. The molecule has 0 aromatic heterocycles. The van der Waals surface area contributed by atoms with Gasteiger partial charge >= 0.3 is 39.5 Å². The normalized spacial score (nSPS) is 14.3. The van der Waals surface area contributed by atoms with E-state index in [-0.39, 0.29) is 25.7 Å². The molecule has 0 amide bonds. The molecular formula is C78H152O17P2. The highest BCUT2D eigenvalue weighted by Crippen LogP contribution is 2.45. The lowest BCUT2D eigenvalue weighted by Crippen LogP contribution is -2.30. The van der Waals surface area contributed by atoms with E-state index in [4.69, 9.17) is 37.0 Å². The minimum absolute atomic E-state index is 0.104. The van der Waals surface area contributed by atoms with Crippen LogP contribution in [0.3, 0.4) is 0 Å². The molecule has 0 fully saturated rings. The number of unbranched alkanes of at least 4 members (excludes halogenated alkanes) is 43. The Morgan fingerprint density at radius 1 is 0.299 bits per heavy atom. The molecule has 0 aliphatic rings. The molecule has 0 bridgehead atoms. The van der Waals surface area contributed by atoms with Crippen LogP contribution in [0.25, 0.3) is 0 Å². The van der Waals surface area contributed by atoms with Crippen molar-refractivity contribution in [2.24, 2.45) is 17.8 Å². The number of phosphoric acid groups is 2. The summed E-state index contributed by atoms with van der Waals surface area (Å²) in [5.74, 6) is 0.267. The number of hydrogen-bond acceptors (Lipinski definition) is 15. The summed E-state index contributed by atoms with van der Waals surface area (Å²) < 4.78 is 68.4. The Hall–Kier alpha value is -1.94. The zero-order valence-electron chi connectivity index (χ0n) is 63.5. The van der Waals surface area contributed by atoms with Crippen LogP contribution in [0.15, 0.2) is 0 Å². The van der Waals surface area contributed by atoms with Gasteiger partial charge in [0, 0.05) is 25.7 Å². The fraction of sp³-hybridized carbons (Fsp3) is 0.949. The fourth-order valence-electron chi connectivity index (χ4n) is 11.9. The second-order valence-electron chi connectivity index (χ2n) is 29.3. The molecule has 17 nitrogen and oxygen atoms in total. The van der Waals surface area contributed by atoms with E-state index in [0.717, 1.165) is 120 Å². The van der Waals surface area contributed by atoms with E-state index in [0.29, 0.717) is 25.7 Å². The average Bonchev–Trinajstić information content (AvgIpc) is 1.13. The molecule has 3 unspecified atom stereocenters. The molecule has 0 heterocycles. The molecular weight excluding hydrogens is 1270 g/mol. The Bertz CT molecular complexity index is 1890. The van der Waals surface area contributed by atoms with Crippen molar-refractivity contribution in [1.29, 1.82) is 0 Å². The minimum Gasteiger partial charge on any atom is -0.462 e. The number of carbonyl (C=O) groups is 4. The summed E-state index contributed by atoms with van der Waals surface area (Å²) in [7, 11) is -9.91. The summed E-state index contributed by atoms with van der Waals surface area (Å²) in [4.78, 5) is 72.7. The predicted molar refractivity (Wildman–Crippen MR) is 395 cm³/mol. The van der Waals surface area contributed by atoms with Crippen LogP contribution >= 0.6 is 15.6 Å². The number of carbonyl (C=O) groups excluding carboxylic acids is 4. The van der Waals surface area contributed by atoms with E-state index < -0.39 is 97.5 Å². The second kappa shape index (κ2) is 68.5. The van der Waals surface area contributed by atoms with Crippen molar-refractivity contribution < 1.29 is 80.2 Å². The summed E-state index contributed by atoms with van der Waals surface area (Å²) in [6, 6.07) is 0. The molecule has 576 valence electrons. The van der Waals surface area contributed by atoms with Crippen LogP contribution in [0.2, 0.25) is 0 Å². The first-order chi connectivity index (χ1) is 46.8. The maximum absolute atomic E-state index is 13.1. The van der Waals surface area contributed by atoms with Crippen LogP contribution in [-0.2, 0) is 65.4 Å². The molecule has 0 rings (SSSR count). The number of hydrogen-bond donors (Lipinski definition) is 3. The molecule has 0 saturated heterocycles. The van der Waals surface area contributed by atoms with Crippen molar-refractivity contribution in [2.75, 3.05) is 39.6 Å². The monoisotopic (exact) mass is 1420 g/mol. The lowest BCUT2D eigenvalue weighted by atomic mass is 9.99. The average molecular weight is 1420 g/mol. The molecule has 0 aromatic rings. The molecule has 97 heavy (non-hydrogen) atoms. The second-order valence-corrected chi connectivity index (χ2v) is 32.2. The van der Waals surface area contributed by atoms with Crippen LogP contribution in [0.4, 0.5) is 0 Å². The summed E-state index contributed by atoms with van der Waals surface area (Å²) in [6.45, 7) is 11.9. The summed E-state index contributed by atoms with van der Waals surface area (Å²) in [6.07, 6.45) is 55.8. The van der Waals surface area contributed by atoms with E-state index in [9.17, 15) is 43.2 Å². The molecule has 0 radical (unpaired) electrons. The Morgan fingerprint density at radius 2 is 0.526 bits per heavy atom. The SMILES string of the molecule is CCCCCCCCCC(=O)OC[C@H](COP(=O)(O)OC[C@H](O)COP(=O)(O)OC[C@@H](COC(=O)CCCCCCCCCCCCCCCCC(C)C)OC(=O)CCCCCCCCCCCCCCCCCCCCC(C)CC)OC(=O)CCCCCCCCCCC(C)C. The number of aliphatic hydroxyl groups is 1. The number of rotatable bonds is 76. The van der Waals surface area contributed by atoms with E-state index in [1.54, 1.807) is 0 Å². The number of ether oxygens (including phenoxy) is 4. The largest absolute Gasteiger partial charge is 0.472 e. The zero-order valence-corrected chi connectivity index (χ0v) is 65.3. The van der Waals surface area contributed by atoms with Crippen molar-refractivity contribution in [3.05, 3.63) is 0 Å². The lowest BCUT2D eigenvalue weighted by Gasteiger charge is -2.21. The standard InChI is InChI=1S/C78H152O17P2/c1-8-10-11-12-35-45-52-59-75(80)88-65-73(95-78(83)62-55-48-41-34-33-37-43-50-57-70(5)6)67-92-96(84,85)90-63-72(79)64-91-97(86,87)93-68-74(66-89-76(81)60-53-46-39-31-27-23-20-19-21-25-29-36-42-49-56-69(3)4)94-77(82)61-54-47-40-32-28-24-18-16-14-13-15-17-22-26-30-38-44-51-58-71(7)9-2/h69-74,79H,8-68H2,1-7H3,(H,84,85)(H,86,87)/t71?,72-,73+,74+/m0/s1. The van der Waals surface area contributed by atoms with Gasteiger partial charge in [-0.3, -0.25) is 37.3 Å². The first-order valence-electron chi connectivity index (χ1n) is 40.4. The maximum Gasteiger partial charge on any atom is 0.472 e. The maximum atomic E-state index is 13.1. The van der Waals surface area contributed by atoms with Crippen LogP contribution in [0.1, 0.15) is 402 Å². The van der Waals surface area contributed by atoms with Gasteiger partial charge in [-0.25, -0.2) is 9.13 Å². The Balaban J connectivity index is 5.16. The topological polar surface area (TPSA) is 237 Å². The highest BCUT2D eigenvalue weighted by Gasteiger charge is 2.30. The number of aliphatic hydroxyl groups excluding tert-OH is 1. The van der Waals surface area contributed by atoms with Gasteiger partial charge in [-0.2, -0.15) is 0 Å². The highest BCUT2D eigenvalue weighted by molar-refractivity contribution is 7.47. The van der Waals surface area contributed by atoms with Gasteiger partial charge in [0.05, 0.1) is 26.4 Å². The van der Waals surface area contributed by atoms with E-state index in [2.05, 4.69) is 48.5 Å². The lowest BCUT2D eigenvalue weighted by molar-refractivity contribution is -0.161. The Morgan fingerprint density at radius 3 is 0.784 bits per heavy atom. The van der Waals surface area contributed by atoms with E-state index in [1.165, 1.54) is 199 Å². The van der Waals surface area contributed by atoms with Crippen LogP contribution in [-0.4, -0.2) is 96.7 Å². The smallest absolute Gasteiger partial charge is 0.462 e. The van der Waals surface area contributed by atoms with Gasteiger partial charge in [0.25, 0.3) is 0 Å². The molecule has 3 N–H and O–H groups in total. The zero-order chi connectivity index (χ0) is 71.6. The van der Waals surface area contributed by atoms with Gasteiger partial charge in [0.1, 0.15) is 19.3 Å². The molecule has 0 aromatic carbocycles. The van der Waals surface area contributed by atoms with Gasteiger partial charge in [0.2, 0.25) is 0 Å². The van der Waals surface area contributed by atoms with Crippen LogP contribution in [0.5, 0.6) is 0 Å². The molecule has 0 spiro atoms. The summed E-state index contributed by atoms with van der Waals surface area (Å²) in [5.41, 5.74) is 0. The first kappa shape index (κ1) is 95.1. The van der Waals surface area contributed by atoms with Gasteiger partial charge in [-0.15, -0.1) is 0 Å². The quantitative estimate of drug-likeness (QED) is 0.0222. The molecule has 0 aliphatic carbocycles. The van der Waals surface area contributed by atoms with Crippen LogP contribution in [0, 0.1) is 17.8 Å². The highest BCUT2D eigenvalue weighted by atomic mass is 31.2. The van der Waals surface area contributed by atoms with Crippen LogP contribution < -0.4 is 0 Å². The number of esters is 4. The van der Waals surface area contributed by atoms with Crippen molar-refractivity contribution in [3.63, 3.8) is 0 Å². The molecule has 19 heteroatoms. The fourth-order valence-corrected chi connectivity index (χ4v) is 13.5. The Labute approximate surface area is 594 Å². The first-order valence-corrected chi connectivity index (χ1v) is 43.4. The van der Waals surface area contributed by atoms with Gasteiger partial charge in [-0.05, 0) is 43.4 Å². The van der Waals surface area contributed by atoms with Crippen molar-refractivity contribution >= 4 is 39.5 Å². The van der Waals surface area contributed by atoms with Gasteiger partial charge in [-0.1, -0.05) is 350 Å². The third kappa shape index (κ3) is 70.9. The summed E-state index contributed by atoms with van der Waals surface area (Å²) in [5, 5.41) is 10.6. The predicted octanol–water partition coefficient (Wildman–Crippen LogP) is 23.0. The van der Waals surface area contributed by atoms with Crippen molar-refractivity contribution in [3.8, 4) is 0 Å². The Kier molecular flexibility index (Phi) is 67.1. The van der Waals surface area contributed by atoms with E-state index in [1.807, 2.05) is 0 Å². The third-order valence-electron chi connectivity index (χ3n) is 18.5. The van der Waals surface area contributed by atoms with Gasteiger partial charge in [0.15, 0.2) is 12.2 Å². The number of phosphoric ester groups is 2. The third-order valence-corrected chi connectivity index (χ3v) is 20.4.